The number of benzene rings is 2. The maximum absolute atomic E-state index is 10.9. The molecule has 0 amide bonds. The maximum atomic E-state index is 10.9. The Hall–Kier alpha value is -3.34. The molecule has 4 rings (SSSR count). The first kappa shape index (κ1) is 17.1. The highest BCUT2D eigenvalue weighted by Crippen LogP contribution is 2.27. The van der Waals surface area contributed by atoms with Gasteiger partial charge in [0, 0.05) is 11.8 Å². The van der Waals surface area contributed by atoms with E-state index in [-0.39, 0.29) is 6.54 Å². The van der Waals surface area contributed by atoms with Crippen LogP contribution < -0.4 is 0 Å². The van der Waals surface area contributed by atoms with E-state index in [2.05, 4.69) is 66.3 Å². The predicted octanol–water partition coefficient (Wildman–Crippen LogP) is 4.23. The summed E-state index contributed by atoms with van der Waals surface area (Å²) >= 11 is 0. The third-order valence-electron chi connectivity index (χ3n) is 4.95. The number of H-pyrrole nitrogens is 1. The molecule has 0 fully saturated rings. The predicted molar refractivity (Wildman–Crippen MR) is 106 cm³/mol. The van der Waals surface area contributed by atoms with E-state index in [1.54, 1.807) is 11.1 Å². The van der Waals surface area contributed by atoms with E-state index < -0.39 is 5.97 Å². The summed E-state index contributed by atoms with van der Waals surface area (Å²) in [6.45, 7) is 4.75. The van der Waals surface area contributed by atoms with Crippen LogP contribution in [-0.2, 0) is 11.3 Å². The maximum Gasteiger partial charge on any atom is 0.323 e. The minimum Gasteiger partial charge on any atom is -0.480 e. The highest BCUT2D eigenvalue weighted by atomic mass is 16.4. The van der Waals surface area contributed by atoms with Crippen molar-refractivity contribution in [1.82, 2.24) is 14.9 Å². The van der Waals surface area contributed by atoms with E-state index in [0.717, 1.165) is 22.8 Å². The lowest BCUT2D eigenvalue weighted by molar-refractivity contribution is -0.137. The van der Waals surface area contributed by atoms with Crippen LogP contribution in [0.1, 0.15) is 22.5 Å². The Morgan fingerprint density at radius 2 is 1.78 bits per heavy atom. The number of aromatic amines is 1. The molecule has 0 aliphatic carbocycles. The monoisotopic (exact) mass is 359 g/mol. The van der Waals surface area contributed by atoms with Gasteiger partial charge in [0.1, 0.15) is 12.4 Å². The molecule has 5 heteroatoms. The Morgan fingerprint density at radius 3 is 2.48 bits per heavy atom. The topological polar surface area (TPSA) is 69.2 Å². The molecule has 1 aliphatic heterocycles. The first-order chi connectivity index (χ1) is 13.0. The van der Waals surface area contributed by atoms with Gasteiger partial charge in [-0.15, -0.1) is 0 Å². The summed E-state index contributed by atoms with van der Waals surface area (Å²) in [5.74, 6) is -0.0433. The van der Waals surface area contributed by atoms with E-state index in [1.807, 2.05) is 6.08 Å². The van der Waals surface area contributed by atoms with Crippen molar-refractivity contribution in [1.29, 1.82) is 0 Å². The number of imidazole rings is 1. The third kappa shape index (κ3) is 3.49. The summed E-state index contributed by atoms with van der Waals surface area (Å²) < 4.78 is 0. The van der Waals surface area contributed by atoms with Crippen molar-refractivity contribution in [3.63, 3.8) is 0 Å². The molecule has 2 N–H and O–H groups in total. The van der Waals surface area contributed by atoms with Gasteiger partial charge in [-0.25, -0.2) is 4.98 Å². The smallest absolute Gasteiger partial charge is 0.323 e. The number of carboxylic acid groups (broad SMARTS) is 1. The van der Waals surface area contributed by atoms with Gasteiger partial charge in [0.15, 0.2) is 0 Å². The van der Waals surface area contributed by atoms with Crippen molar-refractivity contribution in [2.75, 3.05) is 6.54 Å². The molecule has 0 spiro atoms. The molecule has 1 aliphatic rings. The van der Waals surface area contributed by atoms with Crippen LogP contribution in [0.3, 0.4) is 0 Å². The number of rotatable bonds is 4. The molecular formula is C22H21N3O2. The summed E-state index contributed by atoms with van der Waals surface area (Å²) in [4.78, 5) is 20.6. The minimum atomic E-state index is -0.843. The Labute approximate surface area is 158 Å². The number of hydrogen-bond donors (Lipinski definition) is 2. The number of fused-ring (bicyclic) bond motifs is 1. The van der Waals surface area contributed by atoms with Crippen molar-refractivity contribution in [3.05, 3.63) is 71.2 Å². The van der Waals surface area contributed by atoms with Crippen LogP contribution in [0.25, 0.3) is 28.6 Å². The van der Waals surface area contributed by atoms with Crippen molar-refractivity contribution < 1.29 is 9.90 Å². The van der Waals surface area contributed by atoms with E-state index in [1.165, 1.54) is 22.3 Å². The Kier molecular flexibility index (Phi) is 4.28. The number of aliphatic carboxylic acids is 1. The highest BCUT2D eigenvalue weighted by Gasteiger charge is 2.17. The SMILES string of the molecule is Cc1ccc(-c2ccc(-c3nc4c([nH]3)CN(CC(=O)O)C=C4)cc2)cc1C. The van der Waals surface area contributed by atoms with Crippen LogP contribution in [-0.4, -0.2) is 32.5 Å². The largest absolute Gasteiger partial charge is 0.480 e. The molecule has 0 radical (unpaired) electrons. The first-order valence-electron chi connectivity index (χ1n) is 8.90. The van der Waals surface area contributed by atoms with Crippen molar-refractivity contribution >= 4 is 12.0 Å². The lowest BCUT2D eigenvalue weighted by atomic mass is 9.99. The second-order valence-electron chi connectivity index (χ2n) is 6.94. The van der Waals surface area contributed by atoms with Crippen LogP contribution in [0.5, 0.6) is 0 Å². The molecule has 0 saturated heterocycles. The van der Waals surface area contributed by atoms with Crippen LogP contribution in [0.4, 0.5) is 0 Å². The van der Waals surface area contributed by atoms with Gasteiger partial charge in [-0.05, 0) is 42.2 Å². The molecule has 5 nitrogen and oxygen atoms in total. The fourth-order valence-electron chi connectivity index (χ4n) is 3.27. The zero-order chi connectivity index (χ0) is 19.0. The number of nitrogens with zero attached hydrogens (tertiary/aromatic N) is 2. The van der Waals surface area contributed by atoms with Gasteiger partial charge >= 0.3 is 5.97 Å². The summed E-state index contributed by atoms with van der Waals surface area (Å²) in [6.07, 6.45) is 3.63. The van der Waals surface area contributed by atoms with Crippen molar-refractivity contribution in [2.24, 2.45) is 0 Å². The molecule has 2 aromatic carbocycles. The zero-order valence-electron chi connectivity index (χ0n) is 15.4. The highest BCUT2D eigenvalue weighted by molar-refractivity contribution is 5.71. The number of aromatic nitrogens is 2. The molecule has 2 heterocycles. The van der Waals surface area contributed by atoms with Gasteiger partial charge in [0.25, 0.3) is 0 Å². The molecular weight excluding hydrogens is 338 g/mol. The third-order valence-corrected chi connectivity index (χ3v) is 4.95. The van der Waals surface area contributed by atoms with Gasteiger partial charge in [-0.2, -0.15) is 0 Å². The first-order valence-corrected chi connectivity index (χ1v) is 8.90. The molecule has 27 heavy (non-hydrogen) atoms. The summed E-state index contributed by atoms with van der Waals surface area (Å²) in [7, 11) is 0. The lowest BCUT2D eigenvalue weighted by Crippen LogP contribution is -2.26. The Bertz CT molecular complexity index is 1030. The van der Waals surface area contributed by atoms with Gasteiger partial charge < -0.3 is 15.0 Å². The summed E-state index contributed by atoms with van der Waals surface area (Å²) in [5, 5.41) is 8.95. The number of hydrogen-bond acceptors (Lipinski definition) is 3. The van der Waals surface area contributed by atoms with Crippen LogP contribution >= 0.6 is 0 Å². The van der Waals surface area contributed by atoms with Crippen LogP contribution in [0, 0.1) is 13.8 Å². The fraction of sp³-hybridized carbons (Fsp3) is 0.182. The molecule has 0 atom stereocenters. The van der Waals surface area contributed by atoms with E-state index in [4.69, 9.17) is 5.11 Å². The van der Waals surface area contributed by atoms with Gasteiger partial charge in [-0.3, -0.25) is 4.79 Å². The Balaban J connectivity index is 1.57. The van der Waals surface area contributed by atoms with Gasteiger partial charge in [0.05, 0.1) is 17.9 Å². The Morgan fingerprint density at radius 1 is 1.07 bits per heavy atom. The second-order valence-corrected chi connectivity index (χ2v) is 6.94. The number of carboxylic acids is 1. The summed E-state index contributed by atoms with van der Waals surface area (Å²) in [5.41, 5.74) is 7.77. The average Bonchev–Trinajstić information content (AvgIpc) is 3.07. The fourth-order valence-corrected chi connectivity index (χ4v) is 3.27. The summed E-state index contributed by atoms with van der Waals surface area (Å²) in [6, 6.07) is 14.8. The van der Waals surface area contributed by atoms with E-state index in [9.17, 15) is 4.79 Å². The zero-order valence-corrected chi connectivity index (χ0v) is 15.4. The average molecular weight is 359 g/mol. The van der Waals surface area contributed by atoms with E-state index >= 15 is 0 Å². The quantitative estimate of drug-likeness (QED) is 0.731. The van der Waals surface area contributed by atoms with Gasteiger partial charge in [-0.1, -0.05) is 42.5 Å². The molecule has 0 bridgehead atoms. The standard InChI is InChI=1S/C22H21N3O2/c1-14-3-4-18(11-15(14)2)16-5-7-17(8-6-16)22-23-19-9-10-25(13-21(26)27)12-20(19)24-22/h3-11H,12-13H2,1-2H3,(H,23,24)(H,26,27). The van der Waals surface area contributed by atoms with E-state index in [0.29, 0.717) is 6.54 Å². The van der Waals surface area contributed by atoms with Crippen LogP contribution in [0.15, 0.2) is 48.7 Å². The molecule has 1 aromatic heterocycles. The number of aryl methyl sites for hydroxylation is 2. The molecule has 3 aromatic rings. The van der Waals surface area contributed by atoms with Crippen molar-refractivity contribution in [3.8, 4) is 22.5 Å². The minimum absolute atomic E-state index is 0.0189. The normalized spacial score (nSPS) is 12.9. The lowest BCUT2D eigenvalue weighted by Gasteiger charge is -2.20. The second kappa shape index (κ2) is 6.76. The number of nitrogens with one attached hydrogen (secondary N) is 1. The van der Waals surface area contributed by atoms with Gasteiger partial charge in [0.2, 0.25) is 0 Å². The molecule has 136 valence electrons. The van der Waals surface area contributed by atoms with Crippen molar-refractivity contribution in [2.45, 2.75) is 20.4 Å². The molecule has 0 saturated carbocycles. The number of carbonyl (C=O) groups is 1. The van der Waals surface area contributed by atoms with Crippen LogP contribution in [0.2, 0.25) is 0 Å². The molecule has 0 unspecified atom stereocenters.